The van der Waals surface area contributed by atoms with Gasteiger partial charge in [-0.25, -0.2) is 8.42 Å². The van der Waals surface area contributed by atoms with Gasteiger partial charge in [-0.3, -0.25) is 0 Å². The number of hydrogen-bond acceptors (Lipinski definition) is 3. The summed E-state index contributed by atoms with van der Waals surface area (Å²) < 4.78 is 28.8. The summed E-state index contributed by atoms with van der Waals surface area (Å²) in [6.45, 7) is 7.13. The molecule has 0 bridgehead atoms. The third-order valence-corrected chi connectivity index (χ3v) is 5.72. The summed E-state index contributed by atoms with van der Waals surface area (Å²) >= 11 is 5.52. The summed E-state index contributed by atoms with van der Waals surface area (Å²) in [6.07, 6.45) is 0. The van der Waals surface area contributed by atoms with E-state index in [0.717, 1.165) is 11.1 Å². The van der Waals surface area contributed by atoms with Crippen molar-refractivity contribution < 1.29 is 13.2 Å². The van der Waals surface area contributed by atoms with Crippen LogP contribution in [0.25, 0.3) is 0 Å². The molecule has 0 aliphatic carbocycles. The number of benzene rings is 1. The fraction of sp³-hybridized carbons (Fsp3) is 0.500. The second kappa shape index (κ2) is 7.20. The first-order chi connectivity index (χ1) is 9.67. The minimum Gasteiger partial charge on any atom is -0.492 e. The Morgan fingerprint density at radius 2 is 1.95 bits per heavy atom. The number of aryl methyl sites for hydroxylation is 1. The second-order valence-electron chi connectivity index (χ2n) is 5.70. The van der Waals surface area contributed by atoms with Crippen LogP contribution in [0.1, 0.15) is 31.9 Å². The molecule has 116 valence electrons. The van der Waals surface area contributed by atoms with Gasteiger partial charge in [0, 0.05) is 5.56 Å². The van der Waals surface area contributed by atoms with Crippen LogP contribution in [-0.4, -0.2) is 31.4 Å². The standard InChI is InChI=1S/C16H21ClO3S/c1-13-12-14(6-5-9-17)7-8-15(13)20-10-11-21(18,19)16(2,3)4/h7-8,12H,9-11H2,1-4H3. The van der Waals surface area contributed by atoms with E-state index in [0.29, 0.717) is 11.6 Å². The van der Waals surface area contributed by atoms with Gasteiger partial charge >= 0.3 is 0 Å². The lowest BCUT2D eigenvalue weighted by Crippen LogP contribution is -2.32. The molecule has 0 unspecified atom stereocenters. The largest absolute Gasteiger partial charge is 0.492 e. The van der Waals surface area contributed by atoms with Crippen molar-refractivity contribution in [2.75, 3.05) is 18.2 Å². The van der Waals surface area contributed by atoms with Crippen molar-refractivity contribution in [3.63, 3.8) is 0 Å². The van der Waals surface area contributed by atoms with Gasteiger partial charge in [0.25, 0.3) is 0 Å². The molecular formula is C16H21ClO3S. The zero-order chi connectivity index (χ0) is 16.1. The van der Waals surface area contributed by atoms with E-state index in [1.807, 2.05) is 19.1 Å². The van der Waals surface area contributed by atoms with Crippen LogP contribution >= 0.6 is 11.6 Å². The molecule has 0 N–H and O–H groups in total. The normalized spacial score (nSPS) is 11.7. The third-order valence-electron chi connectivity index (χ3n) is 3.02. The van der Waals surface area contributed by atoms with Crippen molar-refractivity contribution in [1.29, 1.82) is 0 Å². The molecule has 3 nitrogen and oxygen atoms in total. The van der Waals surface area contributed by atoms with Crippen molar-refractivity contribution >= 4 is 21.4 Å². The highest BCUT2D eigenvalue weighted by Gasteiger charge is 2.28. The molecule has 1 rings (SSSR count). The molecular weight excluding hydrogens is 308 g/mol. The second-order valence-corrected chi connectivity index (χ2v) is 8.83. The number of sulfone groups is 1. The molecule has 0 saturated heterocycles. The van der Waals surface area contributed by atoms with Gasteiger partial charge in [-0.2, -0.15) is 0 Å². The van der Waals surface area contributed by atoms with E-state index >= 15 is 0 Å². The first-order valence-electron chi connectivity index (χ1n) is 6.68. The van der Waals surface area contributed by atoms with Crippen LogP contribution in [0.15, 0.2) is 18.2 Å². The Morgan fingerprint density at radius 3 is 2.48 bits per heavy atom. The number of ether oxygens (including phenoxy) is 1. The topological polar surface area (TPSA) is 43.4 Å². The maximum atomic E-state index is 12.0. The molecule has 0 fully saturated rings. The van der Waals surface area contributed by atoms with Crippen LogP contribution in [0.4, 0.5) is 0 Å². The first kappa shape index (κ1) is 17.9. The molecule has 0 radical (unpaired) electrons. The fourth-order valence-corrected chi connectivity index (χ4v) is 2.57. The SMILES string of the molecule is Cc1cc(C#CCCl)ccc1OCCS(=O)(=O)C(C)(C)C. The van der Waals surface area contributed by atoms with E-state index in [9.17, 15) is 8.42 Å². The van der Waals surface area contributed by atoms with Crippen LogP contribution in [0, 0.1) is 18.8 Å². The van der Waals surface area contributed by atoms with Gasteiger partial charge in [-0.05, 0) is 51.5 Å². The maximum absolute atomic E-state index is 12.0. The Morgan fingerprint density at radius 1 is 1.29 bits per heavy atom. The quantitative estimate of drug-likeness (QED) is 0.630. The molecule has 0 heterocycles. The van der Waals surface area contributed by atoms with Crippen molar-refractivity contribution in [2.45, 2.75) is 32.4 Å². The predicted octanol–water partition coefficient (Wildman–Crippen LogP) is 3.18. The zero-order valence-electron chi connectivity index (χ0n) is 12.9. The number of alkyl halides is 1. The average Bonchev–Trinajstić information content (AvgIpc) is 2.37. The van der Waals surface area contributed by atoms with Gasteiger partial charge < -0.3 is 4.74 Å². The van der Waals surface area contributed by atoms with Gasteiger partial charge in [0.2, 0.25) is 0 Å². The minimum atomic E-state index is -3.16. The van der Waals surface area contributed by atoms with E-state index in [4.69, 9.17) is 16.3 Å². The lowest BCUT2D eigenvalue weighted by Gasteiger charge is -2.19. The number of hydrogen-bond donors (Lipinski definition) is 0. The lowest BCUT2D eigenvalue weighted by atomic mass is 10.1. The average molecular weight is 329 g/mol. The Labute approximate surface area is 132 Å². The van der Waals surface area contributed by atoms with E-state index < -0.39 is 14.6 Å². The van der Waals surface area contributed by atoms with Gasteiger partial charge in [-0.15, -0.1) is 11.6 Å². The zero-order valence-corrected chi connectivity index (χ0v) is 14.4. The Balaban J connectivity index is 2.69. The van der Waals surface area contributed by atoms with Crippen LogP contribution in [0.3, 0.4) is 0 Å². The van der Waals surface area contributed by atoms with Crippen LogP contribution in [-0.2, 0) is 9.84 Å². The summed E-state index contributed by atoms with van der Waals surface area (Å²) in [7, 11) is -3.16. The molecule has 0 aliphatic rings. The summed E-state index contributed by atoms with van der Waals surface area (Å²) in [4.78, 5) is 0. The predicted molar refractivity (Wildman–Crippen MR) is 87.8 cm³/mol. The molecule has 1 aromatic rings. The smallest absolute Gasteiger partial charge is 0.158 e. The van der Waals surface area contributed by atoms with Crippen LogP contribution < -0.4 is 4.74 Å². The minimum absolute atomic E-state index is 0.00372. The highest BCUT2D eigenvalue weighted by molar-refractivity contribution is 7.92. The molecule has 0 atom stereocenters. The number of rotatable bonds is 4. The van der Waals surface area contributed by atoms with Crippen LogP contribution in [0.2, 0.25) is 0 Å². The molecule has 5 heteroatoms. The molecule has 1 aromatic carbocycles. The summed E-state index contributed by atoms with van der Waals surface area (Å²) in [5.74, 6) is 6.69. The highest BCUT2D eigenvalue weighted by atomic mass is 35.5. The first-order valence-corrected chi connectivity index (χ1v) is 8.86. The van der Waals surface area contributed by atoms with Gasteiger partial charge in [-0.1, -0.05) is 11.8 Å². The van der Waals surface area contributed by atoms with E-state index in [1.54, 1.807) is 26.8 Å². The Kier molecular flexibility index (Phi) is 6.12. The summed E-state index contributed by atoms with van der Waals surface area (Å²) in [6, 6.07) is 5.53. The molecule has 0 aromatic heterocycles. The molecule has 0 spiro atoms. The summed E-state index contributed by atoms with van der Waals surface area (Å²) in [5.41, 5.74) is 1.78. The molecule has 0 saturated carbocycles. The number of halogens is 1. The Hall–Kier alpha value is -1.18. The van der Waals surface area contributed by atoms with E-state index in [-0.39, 0.29) is 12.4 Å². The molecule has 0 amide bonds. The third kappa shape index (κ3) is 5.26. The van der Waals surface area contributed by atoms with Gasteiger partial charge in [0.15, 0.2) is 9.84 Å². The van der Waals surface area contributed by atoms with Crippen molar-refractivity contribution in [3.05, 3.63) is 29.3 Å². The summed E-state index contributed by atoms with van der Waals surface area (Å²) in [5, 5.41) is 0. The Bertz CT molecular complexity index is 646. The van der Waals surface area contributed by atoms with Crippen molar-refractivity contribution in [1.82, 2.24) is 0 Å². The molecule has 0 aliphatic heterocycles. The van der Waals surface area contributed by atoms with Crippen molar-refractivity contribution in [3.8, 4) is 17.6 Å². The molecule has 21 heavy (non-hydrogen) atoms. The van der Waals surface area contributed by atoms with Crippen molar-refractivity contribution in [2.24, 2.45) is 0 Å². The van der Waals surface area contributed by atoms with Crippen LogP contribution in [0.5, 0.6) is 5.75 Å². The highest BCUT2D eigenvalue weighted by Crippen LogP contribution is 2.20. The van der Waals surface area contributed by atoms with Gasteiger partial charge in [0.05, 0.1) is 16.4 Å². The van der Waals surface area contributed by atoms with E-state index in [1.165, 1.54) is 0 Å². The lowest BCUT2D eigenvalue weighted by molar-refractivity contribution is 0.337. The van der Waals surface area contributed by atoms with Gasteiger partial charge in [0.1, 0.15) is 12.4 Å². The van der Waals surface area contributed by atoms with E-state index in [2.05, 4.69) is 11.8 Å². The maximum Gasteiger partial charge on any atom is 0.158 e. The fourth-order valence-electron chi connectivity index (χ4n) is 1.59. The monoisotopic (exact) mass is 328 g/mol.